The van der Waals surface area contributed by atoms with Gasteiger partial charge in [0.25, 0.3) is 0 Å². The molecule has 3 aromatic rings. The Labute approximate surface area is 141 Å². The lowest BCUT2D eigenvalue weighted by Gasteiger charge is -1.99. The Hall–Kier alpha value is -3.20. The first-order valence-electron chi connectivity index (χ1n) is 7.81. The van der Waals surface area contributed by atoms with Crippen LogP contribution in [-0.2, 0) is 0 Å². The van der Waals surface area contributed by atoms with E-state index in [0.717, 1.165) is 28.2 Å². The van der Waals surface area contributed by atoms with Crippen molar-refractivity contribution in [2.75, 3.05) is 7.11 Å². The van der Waals surface area contributed by atoms with Crippen LogP contribution in [0.5, 0.6) is 5.75 Å². The van der Waals surface area contributed by atoms with Gasteiger partial charge in [0.2, 0.25) is 0 Å². The lowest BCUT2D eigenvalue weighted by Crippen LogP contribution is -1.97. The maximum atomic E-state index is 5.16. The number of hydrogen-bond donors (Lipinski definition) is 0. The van der Waals surface area contributed by atoms with E-state index in [9.17, 15) is 0 Å². The minimum atomic E-state index is 0.831. The molecule has 0 aromatic heterocycles. The normalized spacial score (nSPS) is 12.1. The highest BCUT2D eigenvalue weighted by Gasteiger charge is 2.23. The van der Waals surface area contributed by atoms with Gasteiger partial charge in [0.05, 0.1) is 13.3 Å². The van der Waals surface area contributed by atoms with Crippen LogP contribution >= 0.6 is 0 Å². The fourth-order valence-corrected chi connectivity index (χ4v) is 2.95. The summed E-state index contributed by atoms with van der Waals surface area (Å²) in [4.78, 5) is 0. The van der Waals surface area contributed by atoms with E-state index in [1.54, 1.807) is 13.3 Å². The highest BCUT2D eigenvalue weighted by molar-refractivity contribution is 6.24. The highest BCUT2D eigenvalue weighted by Crippen LogP contribution is 2.36. The molecule has 0 fully saturated rings. The van der Waals surface area contributed by atoms with Crippen molar-refractivity contribution in [2.45, 2.75) is 0 Å². The quantitative estimate of drug-likeness (QED) is 0.404. The number of benzene rings is 3. The van der Waals surface area contributed by atoms with Crippen LogP contribution in [0.15, 0.2) is 83.0 Å². The van der Waals surface area contributed by atoms with Crippen molar-refractivity contribution in [3.8, 4) is 16.9 Å². The monoisotopic (exact) mass is 312 g/mol. The summed E-state index contributed by atoms with van der Waals surface area (Å²) < 4.78 is 5.16. The van der Waals surface area contributed by atoms with E-state index in [1.165, 1.54) is 11.1 Å². The predicted octanol–water partition coefficient (Wildman–Crippen LogP) is 4.55. The Morgan fingerprint density at radius 3 is 1.79 bits per heavy atom. The topological polar surface area (TPSA) is 34.0 Å². The molecule has 0 spiro atoms. The van der Waals surface area contributed by atoms with Crippen molar-refractivity contribution in [3.63, 3.8) is 0 Å². The van der Waals surface area contributed by atoms with Crippen LogP contribution in [0.1, 0.15) is 16.7 Å². The molecule has 0 unspecified atom stereocenters. The first kappa shape index (κ1) is 14.4. The molecular formula is C21H16N2O. The summed E-state index contributed by atoms with van der Waals surface area (Å²) in [6, 6.07) is 24.4. The van der Waals surface area contributed by atoms with Gasteiger partial charge in [-0.05, 0) is 41.0 Å². The molecule has 4 rings (SSSR count). The Morgan fingerprint density at radius 1 is 0.708 bits per heavy atom. The molecule has 3 nitrogen and oxygen atoms in total. The lowest BCUT2D eigenvalue weighted by atomic mass is 10.1. The van der Waals surface area contributed by atoms with E-state index < -0.39 is 0 Å². The molecule has 0 aliphatic heterocycles. The third-order valence-electron chi connectivity index (χ3n) is 4.13. The molecule has 3 aromatic carbocycles. The minimum absolute atomic E-state index is 0.831. The number of ether oxygens (including phenoxy) is 1. The van der Waals surface area contributed by atoms with Crippen molar-refractivity contribution >= 4 is 11.9 Å². The van der Waals surface area contributed by atoms with E-state index in [0.29, 0.717) is 0 Å². The van der Waals surface area contributed by atoms with Crippen molar-refractivity contribution in [3.05, 3.63) is 89.5 Å². The molecule has 116 valence electrons. The van der Waals surface area contributed by atoms with E-state index in [-0.39, 0.29) is 0 Å². The molecule has 0 radical (unpaired) electrons. The fourth-order valence-electron chi connectivity index (χ4n) is 2.95. The van der Waals surface area contributed by atoms with Gasteiger partial charge in [-0.25, -0.2) is 0 Å². The SMILES string of the molecule is COc1ccc(C=NN=C2c3ccccc3-c3ccccc32)cc1. The van der Waals surface area contributed by atoms with Crippen LogP contribution in [0.25, 0.3) is 11.1 Å². The molecule has 0 amide bonds. The smallest absolute Gasteiger partial charge is 0.118 e. The highest BCUT2D eigenvalue weighted by atomic mass is 16.5. The Bertz CT molecular complexity index is 893. The Balaban J connectivity index is 1.70. The fraction of sp³-hybridized carbons (Fsp3) is 0.0476. The number of hydrogen-bond acceptors (Lipinski definition) is 3. The molecule has 1 aliphatic carbocycles. The molecule has 0 saturated carbocycles. The summed E-state index contributed by atoms with van der Waals surface area (Å²) in [5.41, 5.74) is 6.60. The van der Waals surface area contributed by atoms with Gasteiger partial charge in [-0.2, -0.15) is 5.10 Å². The average Bonchev–Trinajstić information content (AvgIpc) is 2.97. The second-order valence-electron chi connectivity index (χ2n) is 5.56. The van der Waals surface area contributed by atoms with Gasteiger partial charge in [0.15, 0.2) is 0 Å². The number of nitrogens with zero attached hydrogens (tertiary/aromatic N) is 2. The molecule has 0 atom stereocenters. The standard InChI is InChI=1S/C21H16N2O/c1-24-16-12-10-15(11-13-16)14-22-23-21-19-8-4-2-6-17(19)18-7-3-5-9-20(18)21/h2-14H,1H3. The number of methoxy groups -OCH3 is 1. The van der Waals surface area contributed by atoms with Gasteiger partial charge >= 0.3 is 0 Å². The summed E-state index contributed by atoms with van der Waals surface area (Å²) >= 11 is 0. The zero-order valence-corrected chi connectivity index (χ0v) is 13.3. The Morgan fingerprint density at radius 2 is 1.25 bits per heavy atom. The maximum absolute atomic E-state index is 5.16. The largest absolute Gasteiger partial charge is 0.497 e. The van der Waals surface area contributed by atoms with Crippen molar-refractivity contribution < 1.29 is 4.74 Å². The van der Waals surface area contributed by atoms with Crippen LogP contribution in [-0.4, -0.2) is 19.0 Å². The van der Waals surface area contributed by atoms with E-state index in [1.807, 2.05) is 36.4 Å². The molecule has 0 bridgehead atoms. The van der Waals surface area contributed by atoms with Gasteiger partial charge in [-0.3, -0.25) is 0 Å². The zero-order chi connectivity index (χ0) is 16.4. The number of fused-ring (bicyclic) bond motifs is 3. The van der Waals surface area contributed by atoms with Gasteiger partial charge in [0.1, 0.15) is 11.5 Å². The second kappa shape index (κ2) is 6.13. The zero-order valence-electron chi connectivity index (χ0n) is 13.3. The van der Waals surface area contributed by atoms with Crippen LogP contribution in [0.4, 0.5) is 0 Å². The molecule has 3 heteroatoms. The second-order valence-corrected chi connectivity index (χ2v) is 5.56. The molecule has 0 N–H and O–H groups in total. The van der Waals surface area contributed by atoms with Gasteiger partial charge < -0.3 is 4.74 Å². The summed E-state index contributed by atoms with van der Waals surface area (Å²) in [6.07, 6.45) is 1.76. The van der Waals surface area contributed by atoms with Crippen LogP contribution in [0, 0.1) is 0 Å². The summed E-state index contributed by atoms with van der Waals surface area (Å²) in [7, 11) is 1.66. The van der Waals surface area contributed by atoms with Crippen molar-refractivity contribution in [1.82, 2.24) is 0 Å². The van der Waals surface area contributed by atoms with E-state index in [4.69, 9.17) is 4.74 Å². The molecular weight excluding hydrogens is 296 g/mol. The summed E-state index contributed by atoms with van der Waals surface area (Å²) in [6.45, 7) is 0. The molecule has 24 heavy (non-hydrogen) atoms. The molecule has 0 heterocycles. The molecule has 0 saturated heterocycles. The van der Waals surface area contributed by atoms with Crippen molar-refractivity contribution in [1.29, 1.82) is 0 Å². The van der Waals surface area contributed by atoms with Crippen LogP contribution < -0.4 is 4.74 Å². The Kier molecular flexibility index (Phi) is 3.67. The third-order valence-corrected chi connectivity index (χ3v) is 4.13. The van der Waals surface area contributed by atoms with Crippen LogP contribution in [0.2, 0.25) is 0 Å². The first-order chi connectivity index (χ1) is 11.9. The molecule has 1 aliphatic rings. The van der Waals surface area contributed by atoms with E-state index in [2.05, 4.69) is 46.6 Å². The van der Waals surface area contributed by atoms with Gasteiger partial charge in [0, 0.05) is 11.1 Å². The van der Waals surface area contributed by atoms with Crippen LogP contribution in [0.3, 0.4) is 0 Å². The minimum Gasteiger partial charge on any atom is -0.497 e. The summed E-state index contributed by atoms with van der Waals surface area (Å²) in [5, 5.41) is 8.80. The number of rotatable bonds is 3. The average molecular weight is 312 g/mol. The predicted molar refractivity (Wildman–Crippen MR) is 98.1 cm³/mol. The van der Waals surface area contributed by atoms with E-state index >= 15 is 0 Å². The third kappa shape index (κ3) is 2.50. The van der Waals surface area contributed by atoms with Gasteiger partial charge in [-0.1, -0.05) is 48.5 Å². The van der Waals surface area contributed by atoms with Gasteiger partial charge in [-0.15, -0.1) is 5.10 Å². The maximum Gasteiger partial charge on any atom is 0.118 e. The first-order valence-corrected chi connectivity index (χ1v) is 7.81. The lowest BCUT2D eigenvalue weighted by molar-refractivity contribution is 0.415. The van der Waals surface area contributed by atoms with Crippen molar-refractivity contribution in [2.24, 2.45) is 10.2 Å². The summed E-state index contributed by atoms with van der Waals surface area (Å²) in [5.74, 6) is 0.831.